The van der Waals surface area contributed by atoms with Gasteiger partial charge in [-0.15, -0.1) is 0 Å². The number of nitrogens with zero attached hydrogens (tertiary/aromatic N) is 1. The molecule has 206 valence electrons. The molecule has 0 spiro atoms. The van der Waals surface area contributed by atoms with Crippen molar-refractivity contribution in [3.05, 3.63) is 139 Å². The van der Waals surface area contributed by atoms with Gasteiger partial charge in [-0.1, -0.05) is 142 Å². The smallest absolute Gasteiger partial charge is 0.216 e. The van der Waals surface area contributed by atoms with Crippen molar-refractivity contribution in [1.82, 2.24) is 0 Å². The molecule has 1 aliphatic heterocycles. The average molecular weight is 564 g/mol. The van der Waals surface area contributed by atoms with Crippen LogP contribution in [0.4, 0.5) is 0 Å². The molecule has 0 aliphatic carbocycles. The lowest BCUT2D eigenvalue weighted by Crippen LogP contribution is -2.25. The van der Waals surface area contributed by atoms with Crippen LogP contribution in [0.1, 0.15) is 26.3 Å². The Balaban J connectivity index is 1.54. The van der Waals surface area contributed by atoms with Crippen LogP contribution in [-0.2, 0) is 4.74 Å². The molecule has 0 saturated heterocycles. The largest absolute Gasteiger partial charge is 0.475 e. The summed E-state index contributed by atoms with van der Waals surface area (Å²) in [7, 11) is -0.823. The fourth-order valence-corrected chi connectivity index (χ4v) is 8.41. The number of fused-ring (bicyclic) bond motifs is 2. The third kappa shape index (κ3) is 4.91. The molecule has 0 radical (unpaired) electrons. The predicted molar refractivity (Wildman–Crippen MR) is 181 cm³/mol. The molecule has 0 saturated carbocycles. The molecule has 1 aliphatic rings. The van der Waals surface area contributed by atoms with Gasteiger partial charge in [0.2, 0.25) is 5.90 Å². The molecule has 42 heavy (non-hydrogen) atoms. The SMILES string of the molecule is CC(C)(C)[C@@H]1COC(c2cc(-c3c(P(c4ccccc4)c4ccccc4)ccc4ccccc34)c3ccccc3c2)=N1. The van der Waals surface area contributed by atoms with Crippen LogP contribution in [0.5, 0.6) is 0 Å². The van der Waals surface area contributed by atoms with Crippen LogP contribution in [-0.4, -0.2) is 18.5 Å². The van der Waals surface area contributed by atoms with Gasteiger partial charge in [-0.2, -0.15) is 0 Å². The highest BCUT2D eigenvalue weighted by molar-refractivity contribution is 7.80. The van der Waals surface area contributed by atoms with Gasteiger partial charge in [0.25, 0.3) is 0 Å². The third-order valence-corrected chi connectivity index (χ3v) is 10.7. The quantitative estimate of drug-likeness (QED) is 0.193. The van der Waals surface area contributed by atoms with Gasteiger partial charge < -0.3 is 4.74 Å². The van der Waals surface area contributed by atoms with Gasteiger partial charge in [0, 0.05) is 5.56 Å². The first-order valence-electron chi connectivity index (χ1n) is 14.6. The Morgan fingerprint density at radius 1 is 0.643 bits per heavy atom. The summed E-state index contributed by atoms with van der Waals surface area (Å²) in [5, 5.41) is 8.96. The van der Waals surface area contributed by atoms with Crippen LogP contribution in [0.15, 0.2) is 138 Å². The Kier molecular flexibility index (Phi) is 6.88. The van der Waals surface area contributed by atoms with E-state index in [1.54, 1.807) is 0 Å². The fraction of sp³-hybridized carbons (Fsp3) is 0.154. The lowest BCUT2D eigenvalue weighted by molar-refractivity contribution is 0.236. The van der Waals surface area contributed by atoms with E-state index in [1.807, 2.05) is 0 Å². The lowest BCUT2D eigenvalue weighted by Gasteiger charge is -2.25. The van der Waals surface area contributed by atoms with E-state index in [1.165, 1.54) is 48.6 Å². The number of hydrogen-bond acceptors (Lipinski definition) is 2. The Hall–Kier alpha value is -4.26. The fourth-order valence-electron chi connectivity index (χ4n) is 5.93. The highest BCUT2D eigenvalue weighted by Crippen LogP contribution is 2.42. The molecule has 6 aromatic carbocycles. The van der Waals surface area contributed by atoms with Crippen LogP contribution >= 0.6 is 7.92 Å². The lowest BCUT2D eigenvalue weighted by atomic mass is 9.88. The highest BCUT2D eigenvalue weighted by atomic mass is 31.1. The molecule has 7 rings (SSSR count). The zero-order valence-electron chi connectivity index (χ0n) is 24.3. The second kappa shape index (κ2) is 10.9. The van der Waals surface area contributed by atoms with Crippen LogP contribution < -0.4 is 15.9 Å². The van der Waals surface area contributed by atoms with Gasteiger partial charge in [-0.3, -0.25) is 0 Å². The third-order valence-electron chi connectivity index (χ3n) is 8.21. The summed E-state index contributed by atoms with van der Waals surface area (Å²) in [4.78, 5) is 5.08. The minimum absolute atomic E-state index is 0.0471. The summed E-state index contributed by atoms with van der Waals surface area (Å²) >= 11 is 0. The molecule has 0 bridgehead atoms. The maximum atomic E-state index is 6.28. The van der Waals surface area contributed by atoms with Crippen molar-refractivity contribution in [2.45, 2.75) is 26.8 Å². The van der Waals surface area contributed by atoms with E-state index in [2.05, 4.69) is 154 Å². The van der Waals surface area contributed by atoms with Crippen LogP contribution in [0, 0.1) is 5.41 Å². The molecule has 0 fully saturated rings. The summed E-state index contributed by atoms with van der Waals surface area (Å²) in [6, 6.07) is 48.8. The van der Waals surface area contributed by atoms with Crippen molar-refractivity contribution in [2.75, 3.05) is 6.61 Å². The molecular weight excluding hydrogens is 529 g/mol. The molecule has 6 aromatic rings. The van der Waals surface area contributed by atoms with E-state index < -0.39 is 7.92 Å². The Labute approximate surface area is 249 Å². The van der Waals surface area contributed by atoms with Gasteiger partial charge >= 0.3 is 0 Å². The summed E-state index contributed by atoms with van der Waals surface area (Å²) < 4.78 is 6.28. The second-order valence-corrected chi connectivity index (χ2v) is 14.2. The van der Waals surface area contributed by atoms with Crippen molar-refractivity contribution >= 4 is 51.3 Å². The number of benzene rings is 6. The minimum atomic E-state index is -0.823. The minimum Gasteiger partial charge on any atom is -0.475 e. The molecule has 2 nitrogen and oxygen atoms in total. The van der Waals surface area contributed by atoms with E-state index >= 15 is 0 Å². The van der Waals surface area contributed by atoms with Crippen molar-refractivity contribution in [3.8, 4) is 11.1 Å². The zero-order chi connectivity index (χ0) is 28.7. The topological polar surface area (TPSA) is 21.6 Å². The maximum Gasteiger partial charge on any atom is 0.216 e. The summed E-state index contributed by atoms with van der Waals surface area (Å²) in [5.74, 6) is 0.747. The van der Waals surface area contributed by atoms with Gasteiger partial charge in [0.15, 0.2) is 0 Å². The summed E-state index contributed by atoms with van der Waals surface area (Å²) in [6.07, 6.45) is 0. The number of hydrogen-bond donors (Lipinski definition) is 0. The van der Waals surface area contributed by atoms with Crippen LogP contribution in [0.2, 0.25) is 0 Å². The van der Waals surface area contributed by atoms with Crippen molar-refractivity contribution < 1.29 is 4.74 Å². The van der Waals surface area contributed by atoms with E-state index in [0.717, 1.165) is 11.5 Å². The zero-order valence-corrected chi connectivity index (χ0v) is 25.2. The maximum absolute atomic E-state index is 6.28. The summed E-state index contributed by atoms with van der Waals surface area (Å²) in [5.41, 5.74) is 3.60. The Morgan fingerprint density at radius 2 is 1.24 bits per heavy atom. The van der Waals surface area contributed by atoms with E-state index in [0.29, 0.717) is 6.61 Å². The van der Waals surface area contributed by atoms with Crippen molar-refractivity contribution in [2.24, 2.45) is 10.4 Å². The number of rotatable bonds is 5. The molecule has 0 amide bonds. The molecule has 0 aromatic heterocycles. The van der Waals surface area contributed by atoms with Crippen LogP contribution in [0.3, 0.4) is 0 Å². The monoisotopic (exact) mass is 563 g/mol. The van der Waals surface area contributed by atoms with E-state index in [-0.39, 0.29) is 11.5 Å². The Morgan fingerprint density at radius 3 is 1.88 bits per heavy atom. The number of ether oxygens (including phenoxy) is 1. The first kappa shape index (κ1) is 26.6. The highest BCUT2D eigenvalue weighted by Gasteiger charge is 2.31. The molecule has 0 unspecified atom stereocenters. The average Bonchev–Trinajstić information content (AvgIpc) is 3.53. The molecule has 0 N–H and O–H groups in total. The predicted octanol–water partition coefficient (Wildman–Crippen LogP) is 8.61. The summed E-state index contributed by atoms with van der Waals surface area (Å²) in [6.45, 7) is 7.32. The van der Waals surface area contributed by atoms with Gasteiger partial charge in [-0.05, 0) is 74.1 Å². The first-order valence-corrected chi connectivity index (χ1v) is 16.0. The van der Waals surface area contributed by atoms with Crippen LogP contribution in [0.25, 0.3) is 32.7 Å². The van der Waals surface area contributed by atoms with E-state index in [9.17, 15) is 0 Å². The first-order chi connectivity index (χ1) is 20.5. The van der Waals surface area contributed by atoms with Gasteiger partial charge in [0.1, 0.15) is 6.61 Å². The van der Waals surface area contributed by atoms with Crippen molar-refractivity contribution in [1.29, 1.82) is 0 Å². The van der Waals surface area contributed by atoms with Gasteiger partial charge in [-0.25, -0.2) is 4.99 Å². The Bertz CT molecular complexity index is 1880. The van der Waals surface area contributed by atoms with E-state index in [4.69, 9.17) is 9.73 Å². The molecule has 1 heterocycles. The van der Waals surface area contributed by atoms with Crippen molar-refractivity contribution in [3.63, 3.8) is 0 Å². The number of aliphatic imine (C=N–C) groups is 1. The molecular formula is C39H34NOP. The molecule has 3 heteroatoms. The standard InChI is InChI=1S/C39H34NOP/c1-39(2,3)36-26-41-38(40-36)29-24-28-15-11-12-20-32(28)34(25-29)37-33-21-13-10-14-27(33)22-23-35(37)42(30-16-6-4-7-17-30)31-18-8-5-9-19-31/h4-25,36H,26H2,1-3H3/t36-/m0/s1. The normalized spacial score (nSPS) is 15.2. The van der Waals surface area contributed by atoms with Gasteiger partial charge in [0.05, 0.1) is 6.04 Å². The molecule has 1 atom stereocenters. The second-order valence-electron chi connectivity index (χ2n) is 12.1.